The van der Waals surface area contributed by atoms with Crippen molar-refractivity contribution in [2.24, 2.45) is 11.8 Å². The van der Waals surface area contributed by atoms with Crippen LogP contribution in [0.3, 0.4) is 0 Å². The average molecular weight is 1720 g/mol. The summed E-state index contributed by atoms with van der Waals surface area (Å²) in [4.78, 5) is 125. The number of ketones is 4. The van der Waals surface area contributed by atoms with Gasteiger partial charge in [-0.25, -0.2) is 15.0 Å². The Balaban J connectivity index is 0.000000159. The molecule has 4 fully saturated rings. The Morgan fingerprint density at radius 3 is 1.26 bits per heavy atom. The summed E-state index contributed by atoms with van der Waals surface area (Å²) in [5.41, 5.74) is 18.8. The van der Waals surface area contributed by atoms with Crippen LogP contribution in [0, 0.1) is 46.5 Å². The second-order valence-electron chi connectivity index (χ2n) is 32.2. The summed E-state index contributed by atoms with van der Waals surface area (Å²) in [5, 5.41) is 54.7. The number of phenolic OH excluding ortho intramolecular Hbond substituents is 1. The van der Waals surface area contributed by atoms with Gasteiger partial charge in [-0.05, 0) is 147 Å². The number of halogens is 1. The third-order valence-corrected chi connectivity index (χ3v) is 25.8. The molecular formula is C94H107ClN8O15S3. The minimum absolute atomic E-state index is 0.00377. The van der Waals surface area contributed by atoms with E-state index >= 15 is 0 Å². The fraction of sp³-hybridized carbons (Fsp3) is 0.404. The van der Waals surface area contributed by atoms with Crippen LogP contribution in [0.4, 0.5) is 0 Å². The van der Waals surface area contributed by atoms with Crippen molar-refractivity contribution in [1.82, 2.24) is 39.7 Å². The molecule has 4 amide bonds. The number of ether oxygens (including phenoxy) is 1. The molecule has 4 saturated heterocycles. The minimum atomic E-state index is -0.736. The lowest BCUT2D eigenvalue weighted by molar-refractivity contribution is -0.140. The highest BCUT2D eigenvalue weighted by atomic mass is 35.5. The molecule has 10 aromatic rings. The van der Waals surface area contributed by atoms with E-state index in [1.807, 2.05) is 162 Å². The van der Waals surface area contributed by atoms with Gasteiger partial charge in [0.1, 0.15) is 17.3 Å². The van der Waals surface area contributed by atoms with Gasteiger partial charge in [0.15, 0.2) is 23.1 Å². The van der Waals surface area contributed by atoms with Gasteiger partial charge in [-0.3, -0.25) is 38.4 Å². The molecule has 4 aliphatic heterocycles. The Hall–Kier alpha value is -10.3. The van der Waals surface area contributed by atoms with Crippen molar-refractivity contribution < 1.29 is 73.1 Å². The van der Waals surface area contributed by atoms with Crippen LogP contribution in [-0.4, -0.2) is 194 Å². The molecule has 4 aliphatic rings. The zero-order valence-corrected chi connectivity index (χ0v) is 73.2. The largest absolute Gasteiger partial charge is 0.508 e. The summed E-state index contributed by atoms with van der Waals surface area (Å²) in [6, 6.07) is 44.0. The number of carbonyl (C=O) groups excluding carboxylic acids is 8. The summed E-state index contributed by atoms with van der Waals surface area (Å²) < 4.78 is 10.4. The molecule has 4 aromatic heterocycles. The van der Waals surface area contributed by atoms with Gasteiger partial charge in [0.05, 0.1) is 116 Å². The van der Waals surface area contributed by atoms with Crippen LogP contribution in [0.1, 0.15) is 157 Å². The standard InChI is InChI=1S/C27H29ClN2O5.C25H26N2O4S.2C21H26N2O3S/c1-17-11-24(35-29-17)15-27(33)30-16-22(31)14-25(30)26(32)13-20(19-5-7-21(28)8-6-19)12-18-3-9-23(34-2)10-4-18;1-15-20(4-3-5-22(15)29)25(31)27-13-19(28)12-21(27)23(30)11-8-17-6-9-18(10-7-17)24-16(2)26-14-32-24;2*1-13(2)21(26)23-11-17(24)10-18(23)19(25)9-6-15-4-7-16(8-5-15)20-14(3)22-12-27-20/h3-11,20,22,25,31H,12-16H2,1-2H3;3-7,9-10,14,19,21,28-29H,8,11-13H2,1-2H3;2*4-5,7-8,12-13,17-18,24H,6,9-11H2,1-3H3/t20-,22-,25+;19-,21+;2*17-,18+/m1111/s1. The Morgan fingerprint density at radius 1 is 0.496 bits per heavy atom. The van der Waals surface area contributed by atoms with E-state index in [1.54, 1.807) is 83.0 Å². The van der Waals surface area contributed by atoms with Crippen LogP contribution >= 0.6 is 45.6 Å². The molecule has 0 radical (unpaired) electrons. The first-order valence-corrected chi connectivity index (χ1v) is 44.0. The van der Waals surface area contributed by atoms with Crippen molar-refractivity contribution in [2.75, 3.05) is 33.3 Å². The molecule has 5 N–H and O–H groups in total. The lowest BCUT2D eigenvalue weighted by atomic mass is 9.86. The first kappa shape index (κ1) is 91.5. The fourth-order valence-electron chi connectivity index (χ4n) is 15.9. The summed E-state index contributed by atoms with van der Waals surface area (Å²) in [6.07, 6.45) is 2.24. The van der Waals surface area contributed by atoms with Crippen LogP contribution in [0.2, 0.25) is 5.02 Å². The van der Waals surface area contributed by atoms with Crippen LogP contribution in [0.5, 0.6) is 11.5 Å². The molecule has 0 bridgehead atoms. The SMILES string of the molecule is COc1ccc(C[C@H](CC(=O)[C@@H]2C[C@@H](O)CN2C(=O)Cc2cc(C)no2)c2ccc(Cl)cc2)cc1.Cc1ncsc1-c1ccc(CCC(=O)[C@@H]2C[C@@H](O)CN2C(=O)C(C)C)cc1.Cc1ncsc1-c1ccc(CCC(=O)[C@@H]2C[C@@H](O)CN2C(=O)C(C)C)cc1.Cc1ncsc1-c1ccc(CCC(=O)[C@@H]2C[C@@H](O)CN2C(=O)c2cccc(O)c2C)cc1. The molecule has 0 spiro atoms. The number of thiazole rings is 3. The minimum Gasteiger partial charge on any atom is -0.508 e. The monoisotopic (exact) mass is 1720 g/mol. The average Bonchev–Trinajstić information content (AvgIpc) is 1.24. The third kappa shape index (κ3) is 24.1. The lowest BCUT2D eigenvalue weighted by Crippen LogP contribution is -2.42. The maximum Gasteiger partial charge on any atom is 0.254 e. The maximum absolute atomic E-state index is 13.5. The van der Waals surface area contributed by atoms with Crippen molar-refractivity contribution in [1.29, 1.82) is 0 Å². The van der Waals surface area contributed by atoms with Crippen molar-refractivity contribution in [3.05, 3.63) is 235 Å². The topological polar surface area (TPSA) is 325 Å². The molecule has 638 valence electrons. The van der Waals surface area contributed by atoms with Crippen LogP contribution in [0.15, 0.2) is 167 Å². The number of carbonyl (C=O) groups is 8. The highest BCUT2D eigenvalue weighted by Crippen LogP contribution is 2.36. The number of aryl methyl sites for hydroxylation is 7. The number of phenols is 1. The molecule has 6 aromatic carbocycles. The van der Waals surface area contributed by atoms with Gasteiger partial charge in [0, 0.05) is 112 Å². The number of hydrogen-bond acceptors (Lipinski definition) is 22. The van der Waals surface area contributed by atoms with Gasteiger partial charge in [-0.1, -0.05) is 148 Å². The summed E-state index contributed by atoms with van der Waals surface area (Å²) in [5.74, 6) is 0.00713. The summed E-state index contributed by atoms with van der Waals surface area (Å²) >= 11 is 10.9. The molecule has 0 aliphatic carbocycles. The number of hydrogen-bond donors (Lipinski definition) is 5. The van der Waals surface area contributed by atoms with Crippen LogP contribution in [-0.2, 0) is 65.7 Å². The lowest BCUT2D eigenvalue weighted by Gasteiger charge is -2.25. The Bertz CT molecular complexity index is 5060. The first-order valence-electron chi connectivity index (χ1n) is 41.0. The van der Waals surface area contributed by atoms with Gasteiger partial charge >= 0.3 is 0 Å². The summed E-state index contributed by atoms with van der Waals surface area (Å²) in [6.45, 7) is 17.5. The number of aromatic hydroxyl groups is 1. The molecule has 121 heavy (non-hydrogen) atoms. The molecule has 27 heteroatoms. The Kier molecular flexibility index (Phi) is 32.1. The number of methoxy groups -OCH3 is 1. The van der Waals surface area contributed by atoms with Gasteiger partial charge in [-0.2, -0.15) is 0 Å². The predicted octanol–water partition coefficient (Wildman–Crippen LogP) is 14.5. The van der Waals surface area contributed by atoms with E-state index in [2.05, 4.69) is 44.4 Å². The Morgan fingerprint density at radius 2 is 0.884 bits per heavy atom. The number of nitrogens with zero attached hydrogens (tertiary/aromatic N) is 8. The number of aromatic nitrogens is 4. The van der Waals surface area contributed by atoms with E-state index < -0.39 is 48.6 Å². The number of aliphatic hydroxyl groups excluding tert-OH is 4. The number of likely N-dealkylation sites (tertiary alicyclic amines) is 4. The van der Waals surface area contributed by atoms with E-state index in [4.69, 9.17) is 20.9 Å². The van der Waals surface area contributed by atoms with Gasteiger partial charge < -0.3 is 54.4 Å². The zero-order chi connectivity index (χ0) is 86.9. The molecule has 23 nitrogen and oxygen atoms in total. The number of aliphatic hydroxyl groups is 4. The van der Waals surface area contributed by atoms with Crippen molar-refractivity contribution >= 4 is 92.4 Å². The number of benzene rings is 6. The predicted molar refractivity (Wildman–Crippen MR) is 469 cm³/mol. The van der Waals surface area contributed by atoms with Crippen LogP contribution < -0.4 is 4.74 Å². The van der Waals surface area contributed by atoms with E-state index in [9.17, 15) is 63.9 Å². The van der Waals surface area contributed by atoms with E-state index in [0.717, 1.165) is 72.2 Å². The maximum atomic E-state index is 13.5. The van der Waals surface area contributed by atoms with E-state index in [-0.39, 0.29) is 122 Å². The molecule has 0 saturated carbocycles. The molecule has 14 rings (SSSR count). The van der Waals surface area contributed by atoms with Gasteiger partial charge in [0.25, 0.3) is 5.91 Å². The van der Waals surface area contributed by atoms with Gasteiger partial charge in [0.2, 0.25) is 17.7 Å². The summed E-state index contributed by atoms with van der Waals surface area (Å²) in [7, 11) is 1.62. The highest BCUT2D eigenvalue weighted by Gasteiger charge is 2.43. The van der Waals surface area contributed by atoms with Gasteiger partial charge in [-0.15, -0.1) is 34.0 Å². The normalized spacial score (nSPS) is 18.9. The number of rotatable bonds is 27. The molecule has 9 atom stereocenters. The zero-order valence-electron chi connectivity index (χ0n) is 70.0. The van der Waals surface area contributed by atoms with Crippen molar-refractivity contribution in [2.45, 2.75) is 200 Å². The quantitative estimate of drug-likeness (QED) is 0.0319. The van der Waals surface area contributed by atoms with E-state index in [1.165, 1.54) is 25.6 Å². The number of β-amino-alcohol motifs (C(OH)–C–C–N with tert-alkyl or cyclic N) is 4. The smallest absolute Gasteiger partial charge is 0.254 e. The van der Waals surface area contributed by atoms with Crippen molar-refractivity contribution in [3.63, 3.8) is 0 Å². The number of amides is 4. The number of Topliss-reactive ketones (excluding diaryl/α,β-unsaturated/α-hetero) is 4. The van der Waals surface area contributed by atoms with E-state index in [0.29, 0.717) is 85.4 Å². The second-order valence-corrected chi connectivity index (χ2v) is 35.2. The molecule has 0 unspecified atom stereocenters. The Labute approximate surface area is 723 Å². The fourth-order valence-corrected chi connectivity index (χ4v) is 18.4. The van der Waals surface area contributed by atoms with Crippen molar-refractivity contribution in [3.8, 4) is 42.8 Å². The second kappa shape index (κ2) is 42.5. The molecular weight excluding hydrogens is 1610 g/mol. The highest BCUT2D eigenvalue weighted by molar-refractivity contribution is 7.14. The third-order valence-electron chi connectivity index (χ3n) is 22.6. The van der Waals surface area contributed by atoms with Crippen LogP contribution in [0.25, 0.3) is 31.3 Å². The first-order chi connectivity index (χ1) is 57.9. The molecule has 8 heterocycles.